The van der Waals surface area contributed by atoms with Crippen molar-refractivity contribution < 1.29 is 9.53 Å². The Bertz CT molecular complexity index is 260. The standard InChI is InChI=1S/C11H19N3O2/c1-3-5-6-7-8-9-10(4-2)16-11(15)13-14-12/h4,10H,2-3,5-9H2,1H3/t10-/m1/s1. The summed E-state index contributed by atoms with van der Waals surface area (Å²) in [5.74, 6) is 0. The third-order valence-electron chi connectivity index (χ3n) is 2.23. The Morgan fingerprint density at radius 2 is 2.19 bits per heavy atom. The number of carbonyl (C=O) groups is 1. The molecule has 0 N–H and O–H groups in total. The first-order valence-corrected chi connectivity index (χ1v) is 5.62. The number of hydrogen-bond donors (Lipinski definition) is 0. The molecule has 1 amide bonds. The molecular formula is C11H19N3O2. The van der Waals surface area contributed by atoms with Crippen LogP contribution in [-0.4, -0.2) is 12.2 Å². The second kappa shape index (κ2) is 10.1. The molecule has 0 heterocycles. The van der Waals surface area contributed by atoms with Crippen molar-refractivity contribution in [2.75, 3.05) is 0 Å². The quantitative estimate of drug-likeness (QED) is 0.202. The number of nitrogens with zero attached hydrogens (tertiary/aromatic N) is 3. The average molecular weight is 225 g/mol. The van der Waals surface area contributed by atoms with E-state index in [4.69, 9.17) is 10.3 Å². The van der Waals surface area contributed by atoms with Gasteiger partial charge in [-0.3, -0.25) is 0 Å². The summed E-state index contributed by atoms with van der Waals surface area (Å²) in [4.78, 5) is 13.2. The van der Waals surface area contributed by atoms with Crippen molar-refractivity contribution in [1.29, 1.82) is 0 Å². The van der Waals surface area contributed by atoms with Gasteiger partial charge < -0.3 is 4.74 Å². The normalized spacial score (nSPS) is 11.3. The second-order valence-corrected chi connectivity index (χ2v) is 3.55. The molecule has 0 aliphatic carbocycles. The summed E-state index contributed by atoms with van der Waals surface area (Å²) in [5, 5.41) is 2.84. The molecule has 16 heavy (non-hydrogen) atoms. The molecule has 0 aromatic carbocycles. The molecule has 0 radical (unpaired) electrons. The molecule has 5 nitrogen and oxygen atoms in total. The third kappa shape index (κ3) is 7.88. The molecule has 0 rings (SSSR count). The number of ether oxygens (including phenoxy) is 1. The molecule has 5 heteroatoms. The van der Waals surface area contributed by atoms with Crippen molar-refractivity contribution in [3.63, 3.8) is 0 Å². The van der Waals surface area contributed by atoms with Crippen LogP contribution in [0.25, 0.3) is 10.4 Å². The van der Waals surface area contributed by atoms with E-state index in [9.17, 15) is 4.79 Å². The van der Waals surface area contributed by atoms with Gasteiger partial charge in [0, 0.05) is 10.0 Å². The topological polar surface area (TPSA) is 75.1 Å². The third-order valence-corrected chi connectivity index (χ3v) is 2.23. The Balaban J connectivity index is 3.70. The summed E-state index contributed by atoms with van der Waals surface area (Å²) in [6, 6.07) is 0. The fraction of sp³-hybridized carbons (Fsp3) is 0.727. The van der Waals surface area contributed by atoms with Gasteiger partial charge in [0.25, 0.3) is 0 Å². The van der Waals surface area contributed by atoms with Gasteiger partial charge in [-0.2, -0.15) is 0 Å². The summed E-state index contributed by atoms with van der Waals surface area (Å²) in [5.41, 5.74) is 8.03. The number of amides is 1. The van der Waals surface area contributed by atoms with Crippen molar-refractivity contribution in [3.05, 3.63) is 23.1 Å². The number of carbonyl (C=O) groups excluding carboxylic acids is 1. The minimum absolute atomic E-state index is 0.348. The van der Waals surface area contributed by atoms with Crippen molar-refractivity contribution in [1.82, 2.24) is 0 Å². The van der Waals surface area contributed by atoms with Gasteiger partial charge >= 0.3 is 6.09 Å². The van der Waals surface area contributed by atoms with Crippen molar-refractivity contribution in [2.45, 2.75) is 51.6 Å². The van der Waals surface area contributed by atoms with Crippen LogP contribution >= 0.6 is 0 Å². The Kier molecular flexibility index (Phi) is 9.12. The maximum atomic E-state index is 10.9. The molecule has 0 aliphatic rings. The van der Waals surface area contributed by atoms with Crippen LogP contribution < -0.4 is 0 Å². The van der Waals surface area contributed by atoms with Crippen LogP contribution in [0.3, 0.4) is 0 Å². The SMILES string of the molecule is C=C[C@H](CCCCCCC)OC(=O)N=[N+]=[N-]. The molecule has 0 aliphatic heterocycles. The monoisotopic (exact) mass is 225 g/mol. The van der Waals surface area contributed by atoms with Gasteiger partial charge in [-0.15, -0.1) is 0 Å². The van der Waals surface area contributed by atoms with Gasteiger partial charge in [-0.05, 0) is 18.4 Å². The zero-order chi connectivity index (χ0) is 12.2. The Labute approximate surface area is 96.1 Å². The molecule has 0 bridgehead atoms. The van der Waals surface area contributed by atoms with Gasteiger partial charge in [-0.25, -0.2) is 4.79 Å². The van der Waals surface area contributed by atoms with Gasteiger partial charge in [-0.1, -0.05) is 45.3 Å². The fourth-order valence-corrected chi connectivity index (χ4v) is 1.36. The minimum atomic E-state index is -0.888. The van der Waals surface area contributed by atoms with E-state index in [1.807, 2.05) is 0 Å². The van der Waals surface area contributed by atoms with E-state index >= 15 is 0 Å². The number of azide groups is 1. The highest BCUT2D eigenvalue weighted by molar-refractivity contribution is 5.68. The first-order chi connectivity index (χ1) is 7.74. The van der Waals surface area contributed by atoms with Crippen LogP contribution in [0.5, 0.6) is 0 Å². The van der Waals surface area contributed by atoms with E-state index in [1.165, 1.54) is 19.3 Å². The highest BCUT2D eigenvalue weighted by Gasteiger charge is 2.08. The largest absolute Gasteiger partial charge is 0.453 e. The lowest BCUT2D eigenvalue weighted by Gasteiger charge is -2.11. The lowest BCUT2D eigenvalue weighted by molar-refractivity contribution is 0.123. The van der Waals surface area contributed by atoms with E-state index in [0.717, 1.165) is 19.3 Å². The maximum Gasteiger partial charge on any atom is 0.397 e. The zero-order valence-corrected chi connectivity index (χ0v) is 9.76. The predicted molar refractivity (Wildman–Crippen MR) is 63.0 cm³/mol. The van der Waals surface area contributed by atoms with Gasteiger partial charge in [0.05, 0.1) is 0 Å². The van der Waals surface area contributed by atoms with Crippen LogP contribution in [-0.2, 0) is 4.74 Å². The lowest BCUT2D eigenvalue weighted by atomic mass is 10.1. The molecule has 0 saturated carbocycles. The molecule has 0 aromatic rings. The Hall–Kier alpha value is -1.48. The molecule has 1 atom stereocenters. The highest BCUT2D eigenvalue weighted by Crippen LogP contribution is 2.10. The molecule has 90 valence electrons. The molecule has 0 saturated heterocycles. The first kappa shape index (κ1) is 14.5. The number of rotatable bonds is 8. The van der Waals surface area contributed by atoms with Crippen LogP contribution in [0.2, 0.25) is 0 Å². The molecule has 0 spiro atoms. The zero-order valence-electron chi connectivity index (χ0n) is 9.76. The number of hydrogen-bond acceptors (Lipinski definition) is 2. The predicted octanol–water partition coefficient (Wildman–Crippen LogP) is 4.35. The smallest absolute Gasteiger partial charge is 0.397 e. The van der Waals surface area contributed by atoms with Crippen molar-refractivity contribution in [3.8, 4) is 0 Å². The van der Waals surface area contributed by atoms with Crippen LogP contribution in [0.1, 0.15) is 45.4 Å². The van der Waals surface area contributed by atoms with E-state index < -0.39 is 6.09 Å². The van der Waals surface area contributed by atoms with E-state index in [1.54, 1.807) is 6.08 Å². The van der Waals surface area contributed by atoms with Crippen molar-refractivity contribution >= 4 is 6.09 Å². The summed E-state index contributed by atoms with van der Waals surface area (Å²) in [6.07, 6.45) is 6.81. The summed E-state index contributed by atoms with van der Waals surface area (Å²) in [6.45, 7) is 5.74. The summed E-state index contributed by atoms with van der Waals surface area (Å²) >= 11 is 0. The van der Waals surface area contributed by atoms with Crippen LogP contribution in [0, 0.1) is 0 Å². The molecule has 0 unspecified atom stereocenters. The summed E-state index contributed by atoms with van der Waals surface area (Å²) < 4.78 is 4.87. The van der Waals surface area contributed by atoms with Gasteiger partial charge in [0.1, 0.15) is 6.10 Å². The molecule has 0 aromatic heterocycles. The van der Waals surface area contributed by atoms with Crippen molar-refractivity contribution in [2.24, 2.45) is 5.11 Å². The van der Waals surface area contributed by atoms with Gasteiger partial charge in [0.2, 0.25) is 0 Å². The Morgan fingerprint density at radius 3 is 2.75 bits per heavy atom. The fourth-order valence-electron chi connectivity index (χ4n) is 1.36. The van der Waals surface area contributed by atoms with E-state index in [0.29, 0.717) is 0 Å². The van der Waals surface area contributed by atoms with Gasteiger partial charge in [0.15, 0.2) is 0 Å². The molecule has 0 fully saturated rings. The highest BCUT2D eigenvalue weighted by atomic mass is 16.6. The van der Waals surface area contributed by atoms with E-state index in [-0.39, 0.29) is 6.10 Å². The molecular weight excluding hydrogens is 206 g/mol. The average Bonchev–Trinajstić information content (AvgIpc) is 2.27. The number of unbranched alkanes of at least 4 members (excludes halogenated alkanes) is 4. The van der Waals surface area contributed by atoms with Crippen LogP contribution in [0.4, 0.5) is 4.79 Å². The van der Waals surface area contributed by atoms with Crippen LogP contribution in [0.15, 0.2) is 17.8 Å². The summed E-state index contributed by atoms with van der Waals surface area (Å²) in [7, 11) is 0. The minimum Gasteiger partial charge on any atom is -0.453 e. The Morgan fingerprint density at radius 1 is 1.50 bits per heavy atom. The second-order valence-electron chi connectivity index (χ2n) is 3.55. The maximum absolute atomic E-state index is 10.9. The lowest BCUT2D eigenvalue weighted by Crippen LogP contribution is -2.12. The van der Waals surface area contributed by atoms with E-state index in [2.05, 4.69) is 23.5 Å². The first-order valence-electron chi connectivity index (χ1n) is 5.62.